The second-order valence-electron chi connectivity index (χ2n) is 9.19. The summed E-state index contributed by atoms with van der Waals surface area (Å²) in [6.45, 7) is 3.67. The van der Waals surface area contributed by atoms with Gasteiger partial charge in [-0.25, -0.2) is 0 Å². The number of amides is 1. The van der Waals surface area contributed by atoms with Crippen LogP contribution < -0.4 is 10.1 Å². The maximum absolute atomic E-state index is 13.5. The summed E-state index contributed by atoms with van der Waals surface area (Å²) in [5.41, 5.74) is 3.91. The minimum Gasteiger partial charge on any atom is -0.496 e. The number of carbonyl (C=O) groups excluding carboxylic acids is 1. The molecule has 5 rings (SSSR count). The van der Waals surface area contributed by atoms with Gasteiger partial charge in [0.15, 0.2) is 0 Å². The topological polar surface area (TPSA) is 41.6 Å². The molecular formula is C30H30N2O2. The molecule has 0 aliphatic carbocycles. The number of benzene rings is 4. The van der Waals surface area contributed by atoms with Gasteiger partial charge in [-0.05, 0) is 54.0 Å². The minimum atomic E-state index is -0.541. The van der Waals surface area contributed by atoms with Gasteiger partial charge >= 0.3 is 0 Å². The lowest BCUT2D eigenvalue weighted by atomic mass is 9.84. The molecule has 1 N–H and O–H groups in total. The number of anilines is 1. The predicted octanol–water partition coefficient (Wildman–Crippen LogP) is 6.04. The van der Waals surface area contributed by atoms with E-state index in [1.165, 1.54) is 16.5 Å². The number of fused-ring (bicyclic) bond motifs is 1. The first-order valence-electron chi connectivity index (χ1n) is 11.8. The summed E-state index contributed by atoms with van der Waals surface area (Å²) >= 11 is 0. The average molecular weight is 451 g/mol. The quantitative estimate of drug-likeness (QED) is 0.373. The number of ether oxygens (including phenoxy) is 1. The maximum Gasteiger partial charge on any atom is 0.244 e. The van der Waals surface area contributed by atoms with Crippen molar-refractivity contribution in [3.63, 3.8) is 0 Å². The number of carbonyl (C=O) groups is 1. The van der Waals surface area contributed by atoms with Crippen LogP contribution in [0.15, 0.2) is 91.0 Å². The van der Waals surface area contributed by atoms with Crippen molar-refractivity contribution in [1.82, 2.24) is 4.90 Å². The van der Waals surface area contributed by atoms with Crippen LogP contribution in [-0.2, 0) is 17.8 Å². The van der Waals surface area contributed by atoms with E-state index in [4.69, 9.17) is 4.74 Å². The second kappa shape index (κ2) is 9.32. The number of hydrogen-bond acceptors (Lipinski definition) is 3. The molecule has 0 radical (unpaired) electrons. The predicted molar refractivity (Wildman–Crippen MR) is 138 cm³/mol. The molecule has 4 aromatic carbocycles. The SMILES string of the molecule is COc1ccc(CN2CCC2(C)C(=O)Nc2ccccc2Cc2ccccc2)c2ccccc12. The normalized spacial score (nSPS) is 17.8. The lowest BCUT2D eigenvalue weighted by molar-refractivity contribution is -0.136. The highest BCUT2D eigenvalue weighted by molar-refractivity contribution is 5.99. The summed E-state index contributed by atoms with van der Waals surface area (Å²) in [5, 5.41) is 5.52. The van der Waals surface area contributed by atoms with Crippen LogP contribution in [0.2, 0.25) is 0 Å². The number of rotatable bonds is 7. The zero-order valence-corrected chi connectivity index (χ0v) is 19.8. The van der Waals surface area contributed by atoms with E-state index in [1.807, 2.05) is 48.5 Å². The molecule has 1 aliphatic heterocycles. The Balaban J connectivity index is 1.35. The van der Waals surface area contributed by atoms with E-state index >= 15 is 0 Å². The Hall–Kier alpha value is -3.63. The first kappa shape index (κ1) is 22.2. The Kier molecular flexibility index (Phi) is 6.08. The number of likely N-dealkylation sites (tertiary alicyclic amines) is 1. The molecular weight excluding hydrogens is 420 g/mol. The third kappa shape index (κ3) is 4.17. The van der Waals surface area contributed by atoms with Crippen molar-refractivity contribution in [2.75, 3.05) is 19.0 Å². The summed E-state index contributed by atoms with van der Waals surface area (Å²) < 4.78 is 5.55. The molecule has 4 nitrogen and oxygen atoms in total. The molecule has 172 valence electrons. The van der Waals surface area contributed by atoms with Gasteiger partial charge in [0.05, 0.1) is 12.6 Å². The summed E-state index contributed by atoms with van der Waals surface area (Å²) in [4.78, 5) is 15.8. The molecule has 0 bridgehead atoms. The van der Waals surface area contributed by atoms with Crippen molar-refractivity contribution < 1.29 is 9.53 Å². The molecule has 1 atom stereocenters. The fourth-order valence-electron chi connectivity index (χ4n) is 4.84. The Morgan fingerprint density at radius 1 is 0.882 bits per heavy atom. The van der Waals surface area contributed by atoms with E-state index in [0.717, 1.165) is 48.3 Å². The molecule has 1 saturated heterocycles. The van der Waals surface area contributed by atoms with Gasteiger partial charge in [-0.2, -0.15) is 0 Å². The van der Waals surface area contributed by atoms with E-state index in [2.05, 4.69) is 59.6 Å². The smallest absolute Gasteiger partial charge is 0.244 e. The largest absolute Gasteiger partial charge is 0.496 e. The standard InChI is InChI=1S/C30H30N2O2/c1-30(29(33)31-27-15-9-6-12-23(27)20-22-10-4-3-5-11-22)18-19-32(30)21-24-16-17-28(34-2)26-14-8-7-13-25(24)26/h3-17H,18-21H2,1-2H3,(H,31,33). The van der Waals surface area contributed by atoms with Gasteiger partial charge in [-0.15, -0.1) is 0 Å². The number of hydrogen-bond donors (Lipinski definition) is 1. The van der Waals surface area contributed by atoms with Gasteiger partial charge in [0.1, 0.15) is 5.75 Å². The van der Waals surface area contributed by atoms with Gasteiger partial charge in [-0.3, -0.25) is 9.69 Å². The van der Waals surface area contributed by atoms with E-state index in [-0.39, 0.29) is 5.91 Å². The van der Waals surface area contributed by atoms with Crippen molar-refractivity contribution in [3.8, 4) is 5.75 Å². The van der Waals surface area contributed by atoms with Crippen LogP contribution in [0, 0.1) is 0 Å². The van der Waals surface area contributed by atoms with E-state index in [9.17, 15) is 4.79 Å². The number of para-hydroxylation sites is 1. The van der Waals surface area contributed by atoms with Crippen LogP contribution in [0.4, 0.5) is 5.69 Å². The molecule has 1 heterocycles. The van der Waals surface area contributed by atoms with Crippen molar-refractivity contribution in [2.24, 2.45) is 0 Å². The van der Waals surface area contributed by atoms with Gasteiger partial charge in [0.2, 0.25) is 5.91 Å². The summed E-state index contributed by atoms with van der Waals surface area (Å²) in [6.07, 6.45) is 1.63. The third-order valence-corrected chi connectivity index (χ3v) is 7.11. The molecule has 0 spiro atoms. The Morgan fingerprint density at radius 3 is 2.32 bits per heavy atom. The third-order valence-electron chi connectivity index (χ3n) is 7.11. The van der Waals surface area contributed by atoms with Crippen LogP contribution in [0.5, 0.6) is 5.75 Å². The Labute approximate surface area is 201 Å². The Morgan fingerprint density at radius 2 is 1.59 bits per heavy atom. The zero-order chi connectivity index (χ0) is 23.5. The number of methoxy groups -OCH3 is 1. The van der Waals surface area contributed by atoms with Crippen molar-refractivity contribution in [1.29, 1.82) is 0 Å². The minimum absolute atomic E-state index is 0.0529. The number of nitrogens with one attached hydrogen (secondary N) is 1. The average Bonchev–Trinajstić information content (AvgIpc) is 2.87. The molecule has 1 amide bonds. The van der Waals surface area contributed by atoms with Crippen LogP contribution in [-0.4, -0.2) is 30.0 Å². The zero-order valence-electron chi connectivity index (χ0n) is 19.8. The summed E-state index contributed by atoms with van der Waals surface area (Å²) in [7, 11) is 1.70. The highest BCUT2D eigenvalue weighted by Crippen LogP contribution is 2.36. The molecule has 1 fully saturated rings. The number of nitrogens with zero attached hydrogens (tertiary/aromatic N) is 1. The van der Waals surface area contributed by atoms with E-state index in [0.29, 0.717) is 0 Å². The molecule has 4 aromatic rings. The fraction of sp³-hybridized carbons (Fsp3) is 0.233. The van der Waals surface area contributed by atoms with Gasteiger partial charge < -0.3 is 10.1 Å². The second-order valence-corrected chi connectivity index (χ2v) is 9.19. The lowest BCUT2D eigenvalue weighted by Gasteiger charge is -2.49. The molecule has 34 heavy (non-hydrogen) atoms. The van der Waals surface area contributed by atoms with E-state index in [1.54, 1.807) is 7.11 Å². The highest BCUT2D eigenvalue weighted by Gasteiger charge is 2.46. The van der Waals surface area contributed by atoms with Crippen LogP contribution in [0.25, 0.3) is 10.8 Å². The summed E-state index contributed by atoms with van der Waals surface area (Å²) in [5.74, 6) is 0.926. The van der Waals surface area contributed by atoms with Crippen LogP contribution >= 0.6 is 0 Å². The van der Waals surface area contributed by atoms with Gasteiger partial charge in [-0.1, -0.05) is 78.9 Å². The fourth-order valence-corrected chi connectivity index (χ4v) is 4.84. The van der Waals surface area contributed by atoms with Crippen molar-refractivity contribution >= 4 is 22.4 Å². The molecule has 0 aromatic heterocycles. The first-order chi connectivity index (χ1) is 16.6. The lowest BCUT2D eigenvalue weighted by Crippen LogP contribution is -2.63. The van der Waals surface area contributed by atoms with Crippen LogP contribution in [0.1, 0.15) is 30.0 Å². The monoisotopic (exact) mass is 450 g/mol. The van der Waals surface area contributed by atoms with Gasteiger partial charge in [0, 0.05) is 24.2 Å². The molecule has 1 aliphatic rings. The molecule has 4 heteroatoms. The van der Waals surface area contributed by atoms with Crippen molar-refractivity contribution in [2.45, 2.75) is 31.8 Å². The molecule has 1 unspecified atom stereocenters. The Bertz CT molecular complexity index is 1320. The molecule has 0 saturated carbocycles. The first-order valence-corrected chi connectivity index (χ1v) is 11.8. The van der Waals surface area contributed by atoms with Crippen LogP contribution in [0.3, 0.4) is 0 Å². The van der Waals surface area contributed by atoms with E-state index < -0.39 is 5.54 Å². The highest BCUT2D eigenvalue weighted by atomic mass is 16.5. The van der Waals surface area contributed by atoms with Gasteiger partial charge in [0.25, 0.3) is 0 Å². The van der Waals surface area contributed by atoms with Crippen molar-refractivity contribution in [3.05, 3.63) is 108 Å². The summed E-state index contributed by atoms with van der Waals surface area (Å²) in [6, 6.07) is 30.9. The maximum atomic E-state index is 13.5.